The van der Waals surface area contributed by atoms with E-state index in [1.807, 2.05) is 48.2 Å². The Kier molecular flexibility index (Phi) is 4.37. The van der Waals surface area contributed by atoms with Crippen molar-refractivity contribution in [1.29, 1.82) is 0 Å². The number of nitrogens with zero attached hydrogens (tertiary/aromatic N) is 3. The molecule has 0 bridgehead atoms. The molecule has 0 unspecified atom stereocenters. The van der Waals surface area contributed by atoms with Gasteiger partial charge in [-0.1, -0.05) is 18.2 Å². The number of benzene rings is 1. The van der Waals surface area contributed by atoms with Gasteiger partial charge in [0.25, 0.3) is 5.91 Å². The minimum Gasteiger partial charge on any atom is -0.378 e. The highest BCUT2D eigenvalue weighted by Crippen LogP contribution is 2.33. The molecule has 3 heterocycles. The number of H-pyrrole nitrogens is 1. The van der Waals surface area contributed by atoms with E-state index in [4.69, 9.17) is 0 Å². The highest BCUT2D eigenvalue weighted by atomic mass is 16.2. The first-order chi connectivity index (χ1) is 12.6. The molecular formula is C21H24N4O. The van der Waals surface area contributed by atoms with Crippen molar-refractivity contribution < 1.29 is 4.79 Å². The number of piperidine rings is 1. The number of pyridine rings is 1. The van der Waals surface area contributed by atoms with Crippen LogP contribution in [0.25, 0.3) is 10.9 Å². The molecule has 1 aliphatic rings. The Morgan fingerprint density at radius 1 is 1.19 bits per heavy atom. The number of carbonyl (C=O) groups is 1. The van der Waals surface area contributed by atoms with Crippen molar-refractivity contribution in [1.82, 2.24) is 14.9 Å². The summed E-state index contributed by atoms with van der Waals surface area (Å²) in [5, 5.41) is 1.19. The smallest absolute Gasteiger partial charge is 0.273 e. The first-order valence-electron chi connectivity index (χ1n) is 9.15. The van der Waals surface area contributed by atoms with E-state index in [1.165, 1.54) is 5.39 Å². The number of likely N-dealkylation sites (tertiary alicyclic amines) is 1. The van der Waals surface area contributed by atoms with Crippen LogP contribution in [-0.2, 0) is 0 Å². The summed E-state index contributed by atoms with van der Waals surface area (Å²) in [6.07, 6.45) is 4.86. The van der Waals surface area contributed by atoms with Crippen LogP contribution in [0.2, 0.25) is 0 Å². The van der Waals surface area contributed by atoms with Gasteiger partial charge in [-0.3, -0.25) is 9.78 Å². The number of aromatic amines is 1. The number of aromatic nitrogens is 2. The molecule has 26 heavy (non-hydrogen) atoms. The molecule has 5 nitrogen and oxygen atoms in total. The van der Waals surface area contributed by atoms with Gasteiger partial charge in [0.05, 0.1) is 6.04 Å². The van der Waals surface area contributed by atoms with E-state index in [0.29, 0.717) is 5.69 Å². The first-order valence-corrected chi connectivity index (χ1v) is 9.15. The molecular weight excluding hydrogens is 324 g/mol. The van der Waals surface area contributed by atoms with E-state index >= 15 is 0 Å². The zero-order valence-corrected chi connectivity index (χ0v) is 15.3. The summed E-state index contributed by atoms with van der Waals surface area (Å²) in [6.45, 7) is 0.771. The number of para-hydroxylation sites is 1. The maximum absolute atomic E-state index is 13.2. The van der Waals surface area contributed by atoms with Crippen LogP contribution in [0.1, 0.15) is 41.5 Å². The molecule has 1 saturated heterocycles. The van der Waals surface area contributed by atoms with Crippen molar-refractivity contribution in [2.24, 2.45) is 0 Å². The molecule has 0 aliphatic carbocycles. The van der Waals surface area contributed by atoms with Gasteiger partial charge in [-0.2, -0.15) is 0 Å². The molecule has 5 heteroatoms. The van der Waals surface area contributed by atoms with Gasteiger partial charge in [-0.05, 0) is 48.9 Å². The van der Waals surface area contributed by atoms with Gasteiger partial charge in [-0.15, -0.1) is 0 Å². The topological polar surface area (TPSA) is 52.2 Å². The van der Waals surface area contributed by atoms with Crippen molar-refractivity contribution in [3.05, 3.63) is 60.0 Å². The summed E-state index contributed by atoms with van der Waals surface area (Å²) < 4.78 is 0. The van der Waals surface area contributed by atoms with Crippen molar-refractivity contribution in [2.45, 2.75) is 25.3 Å². The lowest BCUT2D eigenvalue weighted by atomic mass is 9.98. The normalized spacial score (nSPS) is 17.5. The van der Waals surface area contributed by atoms with E-state index in [9.17, 15) is 4.79 Å². The van der Waals surface area contributed by atoms with Crippen molar-refractivity contribution in [3.63, 3.8) is 0 Å². The molecule has 1 fully saturated rings. The Morgan fingerprint density at radius 2 is 2.04 bits per heavy atom. The maximum atomic E-state index is 13.2. The number of rotatable bonds is 3. The first kappa shape index (κ1) is 16.6. The van der Waals surface area contributed by atoms with Gasteiger partial charge in [0.2, 0.25) is 0 Å². The van der Waals surface area contributed by atoms with Crippen molar-refractivity contribution >= 4 is 22.5 Å². The Hall–Kier alpha value is -2.82. The minimum absolute atomic E-state index is 0.0112. The van der Waals surface area contributed by atoms with Gasteiger partial charge in [-0.25, -0.2) is 0 Å². The number of hydrogen-bond acceptors (Lipinski definition) is 3. The predicted molar refractivity (Wildman–Crippen MR) is 104 cm³/mol. The second kappa shape index (κ2) is 6.83. The zero-order chi connectivity index (χ0) is 18.1. The SMILES string of the molecule is CN(C)c1ccnc(C(=O)N2CCCC[C@H]2c2cc3ccccc3[nH]2)c1. The number of carbonyl (C=O) groups excluding carboxylic acids is 1. The molecule has 4 rings (SSSR count). The number of nitrogens with one attached hydrogen (secondary N) is 1. The summed E-state index contributed by atoms with van der Waals surface area (Å²) in [5.74, 6) is 0.0112. The maximum Gasteiger partial charge on any atom is 0.273 e. The average molecular weight is 348 g/mol. The lowest BCUT2D eigenvalue weighted by molar-refractivity contribution is 0.0601. The van der Waals surface area contributed by atoms with Crippen LogP contribution >= 0.6 is 0 Å². The van der Waals surface area contributed by atoms with Gasteiger partial charge < -0.3 is 14.8 Å². The standard InChI is InChI=1S/C21H24N4O/c1-24(2)16-10-11-22-19(14-16)21(26)25-12-6-5-9-20(25)18-13-15-7-3-4-8-17(15)23-18/h3-4,7-8,10-11,13-14,20,23H,5-6,9,12H2,1-2H3/t20-/m0/s1. The second-order valence-corrected chi connectivity index (χ2v) is 7.12. The number of amides is 1. The number of hydrogen-bond donors (Lipinski definition) is 1. The largest absolute Gasteiger partial charge is 0.378 e. The summed E-state index contributed by atoms with van der Waals surface area (Å²) in [7, 11) is 3.94. The molecule has 0 radical (unpaired) electrons. The molecule has 1 amide bonds. The van der Waals surface area contributed by atoms with E-state index in [2.05, 4.69) is 28.2 Å². The molecule has 1 aliphatic heterocycles. The third kappa shape index (κ3) is 3.05. The molecule has 1 N–H and O–H groups in total. The molecule has 1 atom stereocenters. The fourth-order valence-corrected chi connectivity index (χ4v) is 3.73. The van der Waals surface area contributed by atoms with E-state index in [0.717, 1.165) is 42.7 Å². The summed E-state index contributed by atoms with van der Waals surface area (Å²) in [5.41, 5.74) is 3.73. The summed E-state index contributed by atoms with van der Waals surface area (Å²) in [4.78, 5) is 25.0. The minimum atomic E-state index is 0.0112. The molecule has 134 valence electrons. The van der Waals surface area contributed by atoms with Crippen LogP contribution in [0.4, 0.5) is 5.69 Å². The van der Waals surface area contributed by atoms with Crippen LogP contribution in [0.3, 0.4) is 0 Å². The lowest BCUT2D eigenvalue weighted by Gasteiger charge is -2.35. The molecule has 0 spiro atoms. The Labute approximate surface area is 153 Å². The third-order valence-electron chi connectivity index (χ3n) is 5.15. The van der Waals surface area contributed by atoms with E-state index in [-0.39, 0.29) is 11.9 Å². The quantitative estimate of drug-likeness (QED) is 0.778. The van der Waals surface area contributed by atoms with Gasteiger partial charge >= 0.3 is 0 Å². The van der Waals surface area contributed by atoms with Crippen LogP contribution in [0.5, 0.6) is 0 Å². The zero-order valence-electron chi connectivity index (χ0n) is 15.3. The van der Waals surface area contributed by atoms with Crippen LogP contribution < -0.4 is 4.90 Å². The summed E-state index contributed by atoms with van der Waals surface area (Å²) >= 11 is 0. The number of anilines is 1. The molecule has 1 aromatic carbocycles. The van der Waals surface area contributed by atoms with Gasteiger partial charge in [0, 0.05) is 43.7 Å². The van der Waals surface area contributed by atoms with Crippen LogP contribution in [-0.4, -0.2) is 41.4 Å². The van der Waals surface area contributed by atoms with Crippen LogP contribution in [0.15, 0.2) is 48.7 Å². The second-order valence-electron chi connectivity index (χ2n) is 7.12. The van der Waals surface area contributed by atoms with E-state index in [1.54, 1.807) is 6.20 Å². The van der Waals surface area contributed by atoms with Gasteiger partial charge in [0.1, 0.15) is 5.69 Å². The molecule has 3 aromatic rings. The third-order valence-corrected chi connectivity index (χ3v) is 5.15. The Morgan fingerprint density at radius 3 is 2.85 bits per heavy atom. The van der Waals surface area contributed by atoms with Crippen molar-refractivity contribution in [3.8, 4) is 0 Å². The highest BCUT2D eigenvalue weighted by molar-refractivity contribution is 5.93. The number of fused-ring (bicyclic) bond motifs is 1. The lowest BCUT2D eigenvalue weighted by Crippen LogP contribution is -2.39. The fraction of sp³-hybridized carbons (Fsp3) is 0.333. The average Bonchev–Trinajstić information content (AvgIpc) is 3.11. The molecule has 0 saturated carbocycles. The Balaban J connectivity index is 1.66. The van der Waals surface area contributed by atoms with E-state index < -0.39 is 0 Å². The van der Waals surface area contributed by atoms with Gasteiger partial charge in [0.15, 0.2) is 0 Å². The Bertz CT molecular complexity index is 897. The highest BCUT2D eigenvalue weighted by Gasteiger charge is 2.30. The predicted octanol–water partition coefficient (Wildman–Crippen LogP) is 4.00. The summed E-state index contributed by atoms with van der Waals surface area (Å²) in [6, 6.07) is 14.3. The van der Waals surface area contributed by atoms with Crippen LogP contribution in [0, 0.1) is 0 Å². The monoisotopic (exact) mass is 348 g/mol. The molecule has 2 aromatic heterocycles. The van der Waals surface area contributed by atoms with Crippen molar-refractivity contribution in [2.75, 3.05) is 25.5 Å². The fourth-order valence-electron chi connectivity index (χ4n) is 3.73.